The van der Waals surface area contributed by atoms with Crippen molar-refractivity contribution in [1.29, 1.82) is 0 Å². The van der Waals surface area contributed by atoms with Gasteiger partial charge in [-0.3, -0.25) is 0 Å². The van der Waals surface area contributed by atoms with E-state index in [1.807, 2.05) is 7.05 Å². The summed E-state index contributed by atoms with van der Waals surface area (Å²) in [6, 6.07) is 8.38. The second-order valence-electron chi connectivity index (χ2n) is 3.39. The van der Waals surface area contributed by atoms with Crippen molar-refractivity contribution >= 4 is 27.7 Å². The average Bonchev–Trinajstić information content (AvgIpc) is 2.94. The lowest BCUT2D eigenvalue weighted by molar-refractivity contribution is 0.889. The van der Waals surface area contributed by atoms with Crippen molar-refractivity contribution in [2.24, 2.45) is 5.18 Å². The van der Waals surface area contributed by atoms with Crippen molar-refractivity contribution in [3.05, 3.63) is 34.6 Å². The summed E-state index contributed by atoms with van der Waals surface area (Å²) in [4.78, 5) is 14.7. The van der Waals surface area contributed by atoms with Crippen LogP contribution in [0.3, 0.4) is 0 Å². The van der Waals surface area contributed by atoms with Gasteiger partial charge in [0.05, 0.1) is 11.5 Å². The van der Waals surface area contributed by atoms with Crippen molar-refractivity contribution in [2.75, 3.05) is 25.0 Å². The Balaban J connectivity index is 2.10. The Morgan fingerprint density at radius 3 is 2.88 bits per heavy atom. The van der Waals surface area contributed by atoms with Gasteiger partial charge in [0.1, 0.15) is 0 Å². The third kappa shape index (κ3) is 2.48. The first-order valence-corrected chi connectivity index (χ1v) is 6.65. The molecule has 0 saturated heterocycles. The molecule has 2 heterocycles. The van der Waals surface area contributed by atoms with E-state index in [0.717, 1.165) is 0 Å². The van der Waals surface area contributed by atoms with Gasteiger partial charge in [-0.2, -0.15) is 4.91 Å². The molecule has 0 aliphatic carbocycles. The van der Waals surface area contributed by atoms with Crippen LogP contribution in [0.25, 0.3) is 9.75 Å². The molecule has 0 fully saturated rings. The predicted octanol–water partition coefficient (Wildman–Crippen LogP) is 3.68. The van der Waals surface area contributed by atoms with E-state index in [-0.39, 0.29) is 0 Å². The fraction of sp³-hybridized carbons (Fsp3) is 0.273. The zero-order valence-electron chi connectivity index (χ0n) is 8.92. The van der Waals surface area contributed by atoms with Gasteiger partial charge >= 0.3 is 0 Å². The van der Waals surface area contributed by atoms with E-state index in [0.29, 0.717) is 13.1 Å². The lowest BCUT2D eigenvalue weighted by Crippen LogP contribution is -2.19. The zero-order valence-corrected chi connectivity index (χ0v) is 10.6. The third-order valence-electron chi connectivity index (χ3n) is 2.26. The van der Waals surface area contributed by atoms with Crippen molar-refractivity contribution in [2.45, 2.75) is 0 Å². The number of nitroso groups, excluding NO2 is 1. The van der Waals surface area contributed by atoms with Crippen LogP contribution in [0.4, 0.5) is 5.00 Å². The molecule has 0 aliphatic rings. The van der Waals surface area contributed by atoms with Crippen LogP contribution in [0, 0.1) is 4.91 Å². The SMILES string of the molecule is CN(CCN=O)c1ccc(-c2cccs2)s1. The second-order valence-corrected chi connectivity index (χ2v) is 5.40. The van der Waals surface area contributed by atoms with E-state index in [1.165, 1.54) is 14.8 Å². The molecule has 0 amide bonds. The van der Waals surface area contributed by atoms with E-state index in [9.17, 15) is 4.91 Å². The van der Waals surface area contributed by atoms with Gasteiger partial charge in [-0.15, -0.1) is 22.7 Å². The molecule has 0 radical (unpaired) electrons. The maximum Gasteiger partial charge on any atom is 0.0986 e. The number of rotatable bonds is 5. The van der Waals surface area contributed by atoms with Crippen LogP contribution >= 0.6 is 22.7 Å². The Kier molecular flexibility index (Phi) is 3.69. The maximum atomic E-state index is 10.1. The van der Waals surface area contributed by atoms with Gasteiger partial charge in [-0.1, -0.05) is 11.2 Å². The molecule has 5 heteroatoms. The summed E-state index contributed by atoms with van der Waals surface area (Å²) in [6.45, 7) is 1.01. The Hall–Kier alpha value is -1.20. The molecule has 84 valence electrons. The summed E-state index contributed by atoms with van der Waals surface area (Å²) >= 11 is 3.48. The molecule has 0 N–H and O–H groups in total. The molecule has 16 heavy (non-hydrogen) atoms. The highest BCUT2D eigenvalue weighted by atomic mass is 32.1. The number of thiophene rings is 2. The van der Waals surface area contributed by atoms with Crippen molar-refractivity contribution in [3.63, 3.8) is 0 Å². The Labute approximate surface area is 102 Å². The fourth-order valence-electron chi connectivity index (χ4n) is 1.39. The minimum atomic E-state index is 0.336. The molecule has 0 aliphatic heterocycles. The summed E-state index contributed by atoms with van der Waals surface area (Å²) < 4.78 is 0. The predicted molar refractivity (Wildman–Crippen MR) is 71.6 cm³/mol. The molecule has 0 bridgehead atoms. The fourth-order valence-corrected chi connectivity index (χ4v) is 3.21. The Morgan fingerprint density at radius 2 is 2.19 bits per heavy atom. The summed E-state index contributed by atoms with van der Waals surface area (Å²) in [6.07, 6.45) is 0. The van der Waals surface area contributed by atoms with Crippen LogP contribution in [-0.4, -0.2) is 20.1 Å². The number of nitrogens with zero attached hydrogens (tertiary/aromatic N) is 2. The van der Waals surface area contributed by atoms with Gasteiger partial charge in [-0.05, 0) is 23.6 Å². The first-order chi connectivity index (χ1) is 7.81. The molecule has 2 aromatic rings. The Morgan fingerprint density at radius 1 is 1.31 bits per heavy atom. The number of likely N-dealkylation sites (N-methyl/N-ethyl adjacent to an activating group) is 1. The average molecular weight is 252 g/mol. The highest BCUT2D eigenvalue weighted by molar-refractivity contribution is 7.23. The highest BCUT2D eigenvalue weighted by Gasteiger charge is 2.06. The molecule has 0 atom stereocenters. The normalized spacial score (nSPS) is 10.3. The number of anilines is 1. The summed E-state index contributed by atoms with van der Waals surface area (Å²) in [5.41, 5.74) is 0. The lowest BCUT2D eigenvalue weighted by atomic mass is 10.4. The van der Waals surface area contributed by atoms with Crippen molar-refractivity contribution in [3.8, 4) is 9.75 Å². The first kappa shape index (κ1) is 11.3. The molecule has 0 saturated carbocycles. The first-order valence-electron chi connectivity index (χ1n) is 4.95. The standard InChI is InChI=1S/C11H12N2OS2/c1-13(7-6-12-14)11-5-4-10(16-11)9-3-2-8-15-9/h2-5,8H,6-7H2,1H3. The van der Waals surface area contributed by atoms with Gasteiger partial charge in [0.25, 0.3) is 0 Å². The number of hydrogen-bond acceptors (Lipinski definition) is 5. The second kappa shape index (κ2) is 5.23. The van der Waals surface area contributed by atoms with Crippen LogP contribution in [-0.2, 0) is 0 Å². The largest absolute Gasteiger partial charge is 0.365 e. The maximum absolute atomic E-state index is 10.1. The van der Waals surface area contributed by atoms with Gasteiger partial charge < -0.3 is 4.90 Å². The van der Waals surface area contributed by atoms with Crippen LogP contribution in [0.2, 0.25) is 0 Å². The zero-order chi connectivity index (χ0) is 11.4. The minimum absolute atomic E-state index is 0.336. The van der Waals surface area contributed by atoms with Crippen molar-refractivity contribution in [1.82, 2.24) is 0 Å². The highest BCUT2D eigenvalue weighted by Crippen LogP contribution is 2.35. The smallest absolute Gasteiger partial charge is 0.0986 e. The monoisotopic (exact) mass is 252 g/mol. The van der Waals surface area contributed by atoms with Gasteiger partial charge in [-0.25, -0.2) is 0 Å². The van der Waals surface area contributed by atoms with Gasteiger partial charge in [0.2, 0.25) is 0 Å². The van der Waals surface area contributed by atoms with Crippen LogP contribution in [0.15, 0.2) is 34.8 Å². The molecular formula is C11H12N2OS2. The molecule has 0 aromatic carbocycles. The topological polar surface area (TPSA) is 32.7 Å². The van der Waals surface area contributed by atoms with E-state index < -0.39 is 0 Å². The molecule has 0 spiro atoms. The molecule has 2 aromatic heterocycles. The van der Waals surface area contributed by atoms with E-state index in [4.69, 9.17) is 0 Å². The summed E-state index contributed by atoms with van der Waals surface area (Å²) in [7, 11) is 1.98. The minimum Gasteiger partial charge on any atom is -0.365 e. The van der Waals surface area contributed by atoms with Crippen LogP contribution in [0.5, 0.6) is 0 Å². The van der Waals surface area contributed by atoms with Crippen LogP contribution in [0.1, 0.15) is 0 Å². The summed E-state index contributed by atoms with van der Waals surface area (Å²) in [5, 5.41) is 6.12. The van der Waals surface area contributed by atoms with Gasteiger partial charge in [0, 0.05) is 23.3 Å². The molecular weight excluding hydrogens is 240 g/mol. The summed E-state index contributed by atoms with van der Waals surface area (Å²) in [5.74, 6) is 0. The third-order valence-corrected chi connectivity index (χ3v) is 4.52. The lowest BCUT2D eigenvalue weighted by Gasteiger charge is -2.14. The van der Waals surface area contributed by atoms with E-state index in [2.05, 4.69) is 39.7 Å². The number of hydrogen-bond donors (Lipinski definition) is 0. The molecule has 2 rings (SSSR count). The van der Waals surface area contributed by atoms with E-state index >= 15 is 0 Å². The van der Waals surface area contributed by atoms with E-state index in [1.54, 1.807) is 22.7 Å². The molecule has 0 unspecified atom stereocenters. The molecule has 3 nitrogen and oxygen atoms in total. The quantitative estimate of drug-likeness (QED) is 0.760. The van der Waals surface area contributed by atoms with Gasteiger partial charge in [0.15, 0.2) is 0 Å². The Bertz CT molecular complexity index is 450. The van der Waals surface area contributed by atoms with Crippen LogP contribution < -0.4 is 4.90 Å². The van der Waals surface area contributed by atoms with Crippen molar-refractivity contribution < 1.29 is 0 Å².